The van der Waals surface area contributed by atoms with Gasteiger partial charge in [-0.1, -0.05) is 24.3 Å². The van der Waals surface area contributed by atoms with E-state index in [9.17, 15) is 5.26 Å². The number of fused-ring (bicyclic) bond motifs is 3. The first kappa shape index (κ1) is 12.4. The van der Waals surface area contributed by atoms with Crippen LogP contribution < -0.4 is 0 Å². The van der Waals surface area contributed by atoms with E-state index in [4.69, 9.17) is 0 Å². The molecule has 2 aliphatic rings. The average molecular weight is 275 g/mol. The van der Waals surface area contributed by atoms with Gasteiger partial charge in [0.25, 0.3) is 0 Å². The number of H-pyrrole nitrogens is 1. The van der Waals surface area contributed by atoms with Crippen molar-refractivity contribution in [3.05, 3.63) is 47.8 Å². The van der Waals surface area contributed by atoms with Gasteiger partial charge in [-0.3, -0.25) is 0 Å². The van der Waals surface area contributed by atoms with Crippen molar-refractivity contribution in [3.63, 3.8) is 0 Å². The number of benzene rings is 1. The summed E-state index contributed by atoms with van der Waals surface area (Å²) >= 11 is 0. The molecule has 1 aromatic carbocycles. The molecule has 3 nitrogen and oxygen atoms in total. The first-order chi connectivity index (χ1) is 10.2. The number of nitriles is 1. The number of aryl methyl sites for hydroxylation is 1. The summed E-state index contributed by atoms with van der Waals surface area (Å²) in [7, 11) is 0. The summed E-state index contributed by atoms with van der Waals surface area (Å²) in [4.78, 5) is 7.85. The Kier molecular flexibility index (Phi) is 2.71. The number of aromatic nitrogens is 2. The summed E-state index contributed by atoms with van der Waals surface area (Å²) in [5.41, 5.74) is 3.79. The molecule has 0 unspecified atom stereocenters. The molecule has 104 valence electrons. The first-order valence-corrected chi connectivity index (χ1v) is 7.50. The molecule has 21 heavy (non-hydrogen) atoms. The topological polar surface area (TPSA) is 52.5 Å². The lowest BCUT2D eigenvalue weighted by molar-refractivity contribution is 0.551. The fourth-order valence-corrected chi connectivity index (χ4v) is 3.65. The van der Waals surface area contributed by atoms with Gasteiger partial charge >= 0.3 is 0 Å². The SMILES string of the molecule is Cc1ccc2nc(/C(C#N)=C\[C@@H]3C[C@@H]4C=C[C@H]3C4)[nH]c2c1. The summed E-state index contributed by atoms with van der Waals surface area (Å²) in [5, 5.41) is 9.49. The first-order valence-electron chi connectivity index (χ1n) is 7.50. The van der Waals surface area contributed by atoms with E-state index in [2.05, 4.69) is 47.3 Å². The smallest absolute Gasteiger partial charge is 0.148 e. The Morgan fingerprint density at radius 1 is 1.38 bits per heavy atom. The predicted molar refractivity (Wildman–Crippen MR) is 83.3 cm³/mol. The lowest BCUT2D eigenvalue weighted by Crippen LogP contribution is -2.04. The summed E-state index contributed by atoms with van der Waals surface area (Å²) in [6.45, 7) is 2.06. The molecule has 0 amide bonds. The van der Waals surface area contributed by atoms with Crippen molar-refractivity contribution in [2.75, 3.05) is 0 Å². The van der Waals surface area contributed by atoms with Crippen LogP contribution >= 0.6 is 0 Å². The fraction of sp³-hybridized carbons (Fsp3) is 0.333. The zero-order chi connectivity index (χ0) is 14.4. The monoisotopic (exact) mass is 275 g/mol. The normalized spacial score (nSPS) is 27.4. The Hall–Kier alpha value is -2.34. The maximum Gasteiger partial charge on any atom is 0.148 e. The second-order valence-corrected chi connectivity index (χ2v) is 6.24. The van der Waals surface area contributed by atoms with E-state index >= 15 is 0 Å². The highest BCUT2D eigenvalue weighted by atomic mass is 14.9. The quantitative estimate of drug-likeness (QED) is 0.665. The lowest BCUT2D eigenvalue weighted by Gasteiger charge is -2.13. The van der Waals surface area contributed by atoms with Gasteiger partial charge in [-0.2, -0.15) is 5.26 Å². The number of rotatable bonds is 2. The molecule has 0 spiro atoms. The van der Waals surface area contributed by atoms with Crippen LogP contribution in [-0.4, -0.2) is 9.97 Å². The number of allylic oxidation sites excluding steroid dienone is 4. The Morgan fingerprint density at radius 2 is 2.29 bits per heavy atom. The van der Waals surface area contributed by atoms with Crippen LogP contribution in [0.15, 0.2) is 36.4 Å². The zero-order valence-electron chi connectivity index (χ0n) is 12.0. The second kappa shape index (κ2) is 4.60. The van der Waals surface area contributed by atoms with Crippen LogP contribution in [0.4, 0.5) is 0 Å². The maximum absolute atomic E-state index is 9.49. The van der Waals surface area contributed by atoms with E-state index in [0.717, 1.165) is 17.0 Å². The van der Waals surface area contributed by atoms with Gasteiger partial charge in [-0.25, -0.2) is 4.98 Å². The largest absolute Gasteiger partial charge is 0.337 e. The van der Waals surface area contributed by atoms with E-state index < -0.39 is 0 Å². The van der Waals surface area contributed by atoms with E-state index in [1.165, 1.54) is 18.4 Å². The molecule has 0 aliphatic heterocycles. The molecule has 4 rings (SSSR count). The van der Waals surface area contributed by atoms with Crippen LogP contribution in [0.25, 0.3) is 16.6 Å². The van der Waals surface area contributed by atoms with E-state index in [0.29, 0.717) is 23.2 Å². The molecule has 3 heteroatoms. The molecule has 2 aliphatic carbocycles. The molecule has 2 bridgehead atoms. The highest BCUT2D eigenvalue weighted by Gasteiger charge is 2.34. The Bertz CT molecular complexity index is 803. The molecule has 1 saturated carbocycles. The summed E-state index contributed by atoms with van der Waals surface area (Å²) in [5.74, 6) is 2.52. The van der Waals surface area contributed by atoms with E-state index in [-0.39, 0.29) is 0 Å². The molecular formula is C18H17N3. The van der Waals surface area contributed by atoms with Gasteiger partial charge in [0.15, 0.2) is 0 Å². The lowest BCUT2D eigenvalue weighted by atomic mass is 9.91. The van der Waals surface area contributed by atoms with Crippen molar-refractivity contribution in [2.24, 2.45) is 17.8 Å². The third-order valence-electron chi connectivity index (χ3n) is 4.72. The fourth-order valence-electron chi connectivity index (χ4n) is 3.65. The summed E-state index contributed by atoms with van der Waals surface area (Å²) < 4.78 is 0. The van der Waals surface area contributed by atoms with Crippen LogP contribution in [0.2, 0.25) is 0 Å². The Balaban J connectivity index is 1.71. The number of aromatic amines is 1. The van der Waals surface area contributed by atoms with Gasteiger partial charge in [0.2, 0.25) is 0 Å². The minimum atomic E-state index is 0.490. The van der Waals surface area contributed by atoms with Gasteiger partial charge in [-0.15, -0.1) is 0 Å². The number of nitrogens with one attached hydrogen (secondary N) is 1. The van der Waals surface area contributed by atoms with Crippen molar-refractivity contribution in [1.29, 1.82) is 5.26 Å². The van der Waals surface area contributed by atoms with Crippen LogP contribution in [0.5, 0.6) is 0 Å². The summed E-state index contributed by atoms with van der Waals surface area (Å²) in [6.07, 6.45) is 9.18. The number of imidazole rings is 1. The third kappa shape index (κ3) is 2.08. The van der Waals surface area contributed by atoms with Crippen molar-refractivity contribution in [3.8, 4) is 6.07 Å². The zero-order valence-corrected chi connectivity index (χ0v) is 12.0. The highest BCUT2D eigenvalue weighted by molar-refractivity contribution is 5.82. The second-order valence-electron chi connectivity index (χ2n) is 6.24. The number of nitrogens with zero attached hydrogens (tertiary/aromatic N) is 2. The van der Waals surface area contributed by atoms with Gasteiger partial charge in [0.1, 0.15) is 11.9 Å². The standard InChI is InChI=1S/C18H17N3/c1-11-2-5-16-17(6-11)21-18(20-16)15(10-19)9-14-8-12-3-4-13(14)7-12/h2-6,9,12-14H,7-8H2,1H3,(H,20,21)/b15-9-/t12-,13+,14+/m1/s1. The number of hydrogen-bond acceptors (Lipinski definition) is 2. The molecule has 3 atom stereocenters. The molecule has 2 aromatic rings. The highest BCUT2D eigenvalue weighted by Crippen LogP contribution is 2.44. The Labute approximate surface area is 124 Å². The average Bonchev–Trinajstić information content (AvgIpc) is 3.18. The number of hydrogen-bond donors (Lipinski definition) is 1. The van der Waals surface area contributed by atoms with E-state index in [1.807, 2.05) is 12.1 Å². The molecule has 1 heterocycles. The minimum Gasteiger partial charge on any atom is -0.337 e. The molecule has 0 saturated heterocycles. The van der Waals surface area contributed by atoms with Crippen LogP contribution in [0.1, 0.15) is 24.2 Å². The van der Waals surface area contributed by atoms with Gasteiger partial charge in [0, 0.05) is 0 Å². The van der Waals surface area contributed by atoms with Gasteiger partial charge < -0.3 is 4.98 Å². The molecule has 0 radical (unpaired) electrons. The van der Waals surface area contributed by atoms with Crippen molar-refractivity contribution in [2.45, 2.75) is 19.8 Å². The van der Waals surface area contributed by atoms with Crippen molar-refractivity contribution in [1.82, 2.24) is 9.97 Å². The van der Waals surface area contributed by atoms with Gasteiger partial charge in [0.05, 0.1) is 16.6 Å². The van der Waals surface area contributed by atoms with Gasteiger partial charge in [-0.05, 0) is 55.2 Å². The van der Waals surface area contributed by atoms with Crippen molar-refractivity contribution >= 4 is 16.6 Å². The predicted octanol–water partition coefficient (Wildman–Crippen LogP) is 3.99. The molecule has 1 fully saturated rings. The molecular weight excluding hydrogens is 258 g/mol. The van der Waals surface area contributed by atoms with Crippen molar-refractivity contribution < 1.29 is 0 Å². The van der Waals surface area contributed by atoms with Crippen LogP contribution in [0.3, 0.4) is 0 Å². The minimum absolute atomic E-state index is 0.490. The van der Waals surface area contributed by atoms with Crippen LogP contribution in [0, 0.1) is 36.0 Å². The van der Waals surface area contributed by atoms with E-state index in [1.54, 1.807) is 0 Å². The molecule has 1 aromatic heterocycles. The van der Waals surface area contributed by atoms with Crippen LogP contribution in [-0.2, 0) is 0 Å². The third-order valence-corrected chi connectivity index (χ3v) is 4.72. The maximum atomic E-state index is 9.49. The Morgan fingerprint density at radius 3 is 3.00 bits per heavy atom. The summed E-state index contributed by atoms with van der Waals surface area (Å²) in [6, 6.07) is 8.44. The molecule has 1 N–H and O–H groups in total.